The van der Waals surface area contributed by atoms with Crippen molar-refractivity contribution in [3.63, 3.8) is 0 Å². The first kappa shape index (κ1) is 21.3. The molecule has 1 atom stereocenters. The lowest BCUT2D eigenvalue weighted by atomic mass is 10.1. The Morgan fingerprint density at radius 3 is 2.38 bits per heavy atom. The molecule has 2 amide bonds. The second kappa shape index (κ2) is 8.56. The lowest BCUT2D eigenvalue weighted by molar-refractivity contribution is -0.127. The van der Waals surface area contributed by atoms with Crippen molar-refractivity contribution in [2.24, 2.45) is 0 Å². The highest BCUT2D eigenvalue weighted by molar-refractivity contribution is 5.81. The number of hydrogen-bond acceptors (Lipinski definition) is 5. The maximum atomic E-state index is 12.2. The molecule has 0 radical (unpaired) electrons. The van der Waals surface area contributed by atoms with Crippen LogP contribution in [0.15, 0.2) is 24.3 Å². The standard InChI is InChI=1S/C19H27N3O4/c1-13(25-15-10-8-7-9-14(15)11-20)16(23)21-12-19(5,6)22-17(24)26-18(2,3)4/h7-10,13H,12H2,1-6H3,(H,21,23)(H,22,24). The van der Waals surface area contributed by atoms with Gasteiger partial charge in [-0.3, -0.25) is 4.79 Å². The lowest BCUT2D eigenvalue weighted by Gasteiger charge is -2.29. The zero-order valence-electron chi connectivity index (χ0n) is 16.2. The molecule has 0 aliphatic rings. The average Bonchev–Trinajstić information content (AvgIpc) is 2.50. The van der Waals surface area contributed by atoms with Crippen molar-refractivity contribution < 1.29 is 19.1 Å². The molecule has 0 aliphatic heterocycles. The van der Waals surface area contributed by atoms with Crippen LogP contribution in [0.25, 0.3) is 0 Å². The average molecular weight is 361 g/mol. The number of nitrogens with zero attached hydrogens (tertiary/aromatic N) is 1. The molecule has 7 nitrogen and oxygen atoms in total. The quantitative estimate of drug-likeness (QED) is 0.811. The Hall–Kier alpha value is -2.75. The fourth-order valence-electron chi connectivity index (χ4n) is 1.98. The topological polar surface area (TPSA) is 100 Å². The zero-order valence-corrected chi connectivity index (χ0v) is 16.2. The third-order valence-corrected chi connectivity index (χ3v) is 3.22. The number of benzene rings is 1. The van der Waals surface area contributed by atoms with Gasteiger partial charge < -0.3 is 20.1 Å². The number of nitriles is 1. The number of para-hydroxylation sites is 1. The van der Waals surface area contributed by atoms with Crippen LogP contribution < -0.4 is 15.4 Å². The molecular weight excluding hydrogens is 334 g/mol. The normalized spacial score (nSPS) is 12.5. The Labute approximate surface area is 154 Å². The number of nitrogens with one attached hydrogen (secondary N) is 2. The second-order valence-corrected chi connectivity index (χ2v) is 7.60. The minimum Gasteiger partial charge on any atom is -0.480 e. The van der Waals surface area contributed by atoms with Gasteiger partial charge in [-0.2, -0.15) is 5.26 Å². The van der Waals surface area contributed by atoms with Crippen LogP contribution in [0.3, 0.4) is 0 Å². The Balaban J connectivity index is 2.56. The van der Waals surface area contributed by atoms with Gasteiger partial charge in [-0.05, 0) is 53.7 Å². The van der Waals surface area contributed by atoms with Crippen LogP contribution in [0.4, 0.5) is 4.79 Å². The van der Waals surface area contributed by atoms with Gasteiger partial charge in [0.05, 0.1) is 11.1 Å². The molecule has 0 bridgehead atoms. The maximum Gasteiger partial charge on any atom is 0.408 e. The van der Waals surface area contributed by atoms with E-state index in [1.807, 2.05) is 6.07 Å². The molecule has 0 heterocycles. The van der Waals surface area contributed by atoms with Gasteiger partial charge in [0.2, 0.25) is 0 Å². The van der Waals surface area contributed by atoms with Gasteiger partial charge in [0.1, 0.15) is 17.4 Å². The molecular formula is C19H27N3O4. The van der Waals surface area contributed by atoms with Gasteiger partial charge in [-0.25, -0.2) is 4.79 Å². The molecule has 0 spiro atoms. The summed E-state index contributed by atoms with van der Waals surface area (Å²) in [5, 5.41) is 14.5. The molecule has 142 valence electrons. The van der Waals surface area contributed by atoms with Crippen molar-refractivity contribution in [3.8, 4) is 11.8 Å². The van der Waals surface area contributed by atoms with Gasteiger partial charge >= 0.3 is 6.09 Å². The van der Waals surface area contributed by atoms with E-state index in [4.69, 9.17) is 14.7 Å². The summed E-state index contributed by atoms with van der Waals surface area (Å²) in [5.74, 6) is 0.000553. The minimum atomic E-state index is -0.790. The number of alkyl carbamates (subject to hydrolysis) is 1. The summed E-state index contributed by atoms with van der Waals surface area (Å²) in [6.07, 6.45) is -1.34. The molecule has 2 N–H and O–H groups in total. The molecule has 0 aromatic heterocycles. The Morgan fingerprint density at radius 2 is 1.81 bits per heavy atom. The molecule has 0 saturated carbocycles. The monoisotopic (exact) mass is 361 g/mol. The van der Waals surface area contributed by atoms with E-state index in [0.29, 0.717) is 11.3 Å². The SMILES string of the molecule is CC(Oc1ccccc1C#N)C(=O)NCC(C)(C)NC(=O)OC(C)(C)C. The minimum absolute atomic E-state index is 0.193. The van der Waals surface area contributed by atoms with E-state index in [9.17, 15) is 9.59 Å². The fourth-order valence-corrected chi connectivity index (χ4v) is 1.98. The zero-order chi connectivity index (χ0) is 20.0. The van der Waals surface area contributed by atoms with E-state index in [2.05, 4.69) is 10.6 Å². The summed E-state index contributed by atoms with van der Waals surface area (Å²) in [6, 6.07) is 8.73. The molecule has 1 rings (SSSR count). The van der Waals surface area contributed by atoms with Crippen molar-refractivity contribution in [1.82, 2.24) is 10.6 Å². The van der Waals surface area contributed by atoms with Gasteiger partial charge in [-0.15, -0.1) is 0 Å². The number of rotatable bonds is 6. The summed E-state index contributed by atoms with van der Waals surface area (Å²) >= 11 is 0. The molecule has 1 aromatic rings. The van der Waals surface area contributed by atoms with Crippen LogP contribution in [-0.2, 0) is 9.53 Å². The van der Waals surface area contributed by atoms with Crippen molar-refractivity contribution in [2.45, 2.75) is 58.8 Å². The first-order chi connectivity index (χ1) is 11.9. The molecule has 7 heteroatoms. The van der Waals surface area contributed by atoms with E-state index in [0.717, 1.165) is 0 Å². The van der Waals surface area contributed by atoms with Crippen LogP contribution in [0.5, 0.6) is 5.75 Å². The van der Waals surface area contributed by atoms with Crippen molar-refractivity contribution in [3.05, 3.63) is 29.8 Å². The van der Waals surface area contributed by atoms with Crippen molar-refractivity contribution in [2.75, 3.05) is 6.54 Å². The number of ether oxygens (including phenoxy) is 2. The molecule has 0 aliphatic carbocycles. The summed E-state index contributed by atoms with van der Waals surface area (Å²) in [7, 11) is 0. The summed E-state index contributed by atoms with van der Waals surface area (Å²) in [4.78, 5) is 24.1. The first-order valence-electron chi connectivity index (χ1n) is 8.38. The van der Waals surface area contributed by atoms with Gasteiger partial charge in [-0.1, -0.05) is 12.1 Å². The molecule has 26 heavy (non-hydrogen) atoms. The van der Waals surface area contributed by atoms with E-state index in [1.165, 1.54) is 0 Å². The van der Waals surface area contributed by atoms with Crippen molar-refractivity contribution >= 4 is 12.0 Å². The Morgan fingerprint density at radius 1 is 1.19 bits per heavy atom. The maximum absolute atomic E-state index is 12.2. The molecule has 1 unspecified atom stereocenters. The predicted molar refractivity (Wildman–Crippen MR) is 97.7 cm³/mol. The molecule has 0 fully saturated rings. The predicted octanol–water partition coefficient (Wildman–Crippen LogP) is 2.75. The highest BCUT2D eigenvalue weighted by Crippen LogP contribution is 2.18. The third-order valence-electron chi connectivity index (χ3n) is 3.22. The largest absolute Gasteiger partial charge is 0.480 e. The van der Waals surface area contributed by atoms with Crippen LogP contribution in [0, 0.1) is 11.3 Å². The molecule has 1 aromatic carbocycles. The number of carbonyl (C=O) groups excluding carboxylic acids is 2. The number of amides is 2. The van der Waals surface area contributed by atoms with Gasteiger partial charge in [0.15, 0.2) is 6.10 Å². The van der Waals surface area contributed by atoms with Crippen LogP contribution in [0.2, 0.25) is 0 Å². The number of carbonyl (C=O) groups is 2. The Kier molecular flexibility index (Phi) is 7.01. The summed E-state index contributed by atoms with van der Waals surface area (Å²) in [5.41, 5.74) is -0.943. The first-order valence-corrected chi connectivity index (χ1v) is 8.38. The second-order valence-electron chi connectivity index (χ2n) is 7.60. The van der Waals surface area contributed by atoms with Crippen molar-refractivity contribution in [1.29, 1.82) is 5.26 Å². The number of hydrogen-bond donors (Lipinski definition) is 2. The van der Waals surface area contributed by atoms with E-state index in [-0.39, 0.29) is 12.5 Å². The highest BCUT2D eigenvalue weighted by Gasteiger charge is 2.26. The van der Waals surface area contributed by atoms with Crippen LogP contribution in [-0.4, -0.2) is 35.8 Å². The van der Waals surface area contributed by atoms with E-state index in [1.54, 1.807) is 65.8 Å². The van der Waals surface area contributed by atoms with Gasteiger partial charge in [0, 0.05) is 6.54 Å². The smallest absolute Gasteiger partial charge is 0.408 e. The lowest BCUT2D eigenvalue weighted by Crippen LogP contribution is -2.53. The summed E-state index contributed by atoms with van der Waals surface area (Å²) < 4.78 is 10.8. The highest BCUT2D eigenvalue weighted by atomic mass is 16.6. The van der Waals surface area contributed by atoms with E-state index >= 15 is 0 Å². The third kappa shape index (κ3) is 7.43. The summed E-state index contributed by atoms with van der Waals surface area (Å²) in [6.45, 7) is 10.7. The van der Waals surface area contributed by atoms with E-state index < -0.39 is 23.3 Å². The Bertz CT molecular complexity index is 687. The van der Waals surface area contributed by atoms with Gasteiger partial charge in [0.25, 0.3) is 5.91 Å². The van der Waals surface area contributed by atoms with Crippen LogP contribution in [0.1, 0.15) is 47.1 Å². The fraction of sp³-hybridized carbons (Fsp3) is 0.526. The molecule has 0 saturated heterocycles. The van der Waals surface area contributed by atoms with Crippen LogP contribution >= 0.6 is 0 Å².